The Labute approximate surface area is 195 Å². The van der Waals surface area contributed by atoms with Crippen LogP contribution in [-0.2, 0) is 0 Å². The van der Waals surface area contributed by atoms with Crippen molar-refractivity contribution in [3.05, 3.63) is 65.4 Å². The van der Waals surface area contributed by atoms with Crippen LogP contribution in [-0.4, -0.2) is 43.5 Å². The molecule has 0 saturated heterocycles. The highest BCUT2D eigenvalue weighted by molar-refractivity contribution is 6.02. The molecule has 174 valence electrons. The molecule has 0 atom stereocenters. The molecule has 34 heavy (non-hydrogen) atoms. The molecule has 11 nitrogen and oxygen atoms in total. The summed E-state index contributed by atoms with van der Waals surface area (Å²) in [5, 5.41) is 19.7. The van der Waals surface area contributed by atoms with Gasteiger partial charge in [-0.3, -0.25) is 4.79 Å². The summed E-state index contributed by atoms with van der Waals surface area (Å²) in [4.78, 5) is 13.1. The number of aryl methyl sites for hydroxylation is 1. The lowest BCUT2D eigenvalue weighted by atomic mass is 10.1. The number of hydrazone groups is 1. The average molecular weight is 460 g/mol. The van der Waals surface area contributed by atoms with Gasteiger partial charge in [-0.25, -0.2) is 10.1 Å². The Bertz CT molecular complexity index is 1310. The molecule has 3 N–H and O–H groups in total. The van der Waals surface area contributed by atoms with Crippen molar-refractivity contribution in [3.8, 4) is 22.8 Å². The number of hydrogen-bond donors (Lipinski definition) is 2. The van der Waals surface area contributed by atoms with Crippen LogP contribution in [0.3, 0.4) is 0 Å². The highest BCUT2D eigenvalue weighted by atomic mass is 16.6. The molecule has 0 saturated carbocycles. The molecule has 0 unspecified atom stereocenters. The first-order valence-electron chi connectivity index (χ1n) is 10.7. The van der Waals surface area contributed by atoms with Gasteiger partial charge in [-0.15, -0.1) is 5.10 Å². The van der Waals surface area contributed by atoms with Crippen LogP contribution >= 0.6 is 0 Å². The maximum atomic E-state index is 13.1. The topological polar surface area (TPSA) is 146 Å². The molecular formula is C23H24N8O3. The van der Waals surface area contributed by atoms with E-state index in [2.05, 4.69) is 31.2 Å². The number of nitrogens with one attached hydrogen (secondary N) is 1. The van der Waals surface area contributed by atoms with E-state index in [1.807, 2.05) is 38.1 Å². The molecule has 2 aromatic carbocycles. The number of carbonyl (C=O) groups is 1. The van der Waals surface area contributed by atoms with Gasteiger partial charge in [-0.1, -0.05) is 42.0 Å². The van der Waals surface area contributed by atoms with Crippen molar-refractivity contribution in [1.29, 1.82) is 0 Å². The van der Waals surface area contributed by atoms with E-state index >= 15 is 0 Å². The van der Waals surface area contributed by atoms with Crippen molar-refractivity contribution >= 4 is 17.4 Å². The quantitative estimate of drug-likeness (QED) is 0.301. The van der Waals surface area contributed by atoms with Crippen LogP contribution in [0, 0.1) is 6.92 Å². The fourth-order valence-corrected chi connectivity index (χ4v) is 3.16. The summed E-state index contributed by atoms with van der Waals surface area (Å²) in [6.07, 6.45) is 0.893. The van der Waals surface area contributed by atoms with Crippen LogP contribution < -0.4 is 15.9 Å². The lowest BCUT2D eigenvalue weighted by molar-refractivity contribution is 0.0950. The fourth-order valence-electron chi connectivity index (χ4n) is 3.16. The number of hydrogen-bond acceptors (Lipinski definition) is 9. The number of nitrogens with two attached hydrogens (primary N) is 1. The normalized spacial score (nSPS) is 11.4. The Hall–Kier alpha value is -4.54. The minimum absolute atomic E-state index is 0.00856. The summed E-state index contributed by atoms with van der Waals surface area (Å²) in [6, 6.07) is 15.0. The van der Waals surface area contributed by atoms with Crippen molar-refractivity contribution in [2.75, 3.05) is 12.3 Å². The molecule has 0 aliphatic carbocycles. The number of amides is 1. The van der Waals surface area contributed by atoms with Crippen LogP contribution in [0.1, 0.15) is 41.9 Å². The molecule has 2 heterocycles. The Kier molecular flexibility index (Phi) is 6.62. The minimum atomic E-state index is -0.547. The van der Waals surface area contributed by atoms with E-state index in [1.54, 1.807) is 31.2 Å². The second-order valence-electron chi connectivity index (χ2n) is 7.55. The summed E-state index contributed by atoms with van der Waals surface area (Å²) < 4.78 is 11.7. The van der Waals surface area contributed by atoms with Gasteiger partial charge in [0.25, 0.3) is 5.91 Å². The molecule has 0 fully saturated rings. The summed E-state index contributed by atoms with van der Waals surface area (Å²) >= 11 is 0. The molecule has 0 bridgehead atoms. The maximum absolute atomic E-state index is 13.1. The van der Waals surface area contributed by atoms with Gasteiger partial charge in [-0.2, -0.15) is 9.78 Å². The zero-order valence-electron chi connectivity index (χ0n) is 19.0. The SMILES string of the molecule is CCCOc1ccc(-c2c(C(=O)N/N=C(/C)c3ccc(C)cc3)nnn2-c2nonc2N)cc1. The standard InChI is InChI=1S/C23H24N8O3/c1-4-13-33-18-11-9-17(10-12-18)20-19(26-30-31(20)22-21(24)28-34-29-22)23(32)27-25-15(3)16-7-5-14(2)6-8-16/h5-12H,4,13H2,1-3H3,(H2,24,28)(H,27,32)/b25-15-. The number of rotatable bonds is 8. The Morgan fingerprint density at radius 3 is 2.53 bits per heavy atom. The van der Waals surface area contributed by atoms with E-state index in [9.17, 15) is 4.79 Å². The third-order valence-corrected chi connectivity index (χ3v) is 4.98. The second-order valence-corrected chi connectivity index (χ2v) is 7.55. The summed E-state index contributed by atoms with van der Waals surface area (Å²) in [5.41, 5.74) is 12.1. The van der Waals surface area contributed by atoms with Crippen LogP contribution in [0.25, 0.3) is 17.1 Å². The molecular weight excluding hydrogens is 436 g/mol. The van der Waals surface area contributed by atoms with Gasteiger partial charge in [0.1, 0.15) is 11.4 Å². The van der Waals surface area contributed by atoms with Gasteiger partial charge in [0.15, 0.2) is 5.69 Å². The predicted molar refractivity (Wildman–Crippen MR) is 126 cm³/mol. The first-order valence-corrected chi connectivity index (χ1v) is 10.7. The zero-order chi connectivity index (χ0) is 24.1. The van der Waals surface area contributed by atoms with Crippen molar-refractivity contribution in [2.24, 2.45) is 5.10 Å². The van der Waals surface area contributed by atoms with E-state index in [0.29, 0.717) is 29.3 Å². The Morgan fingerprint density at radius 2 is 1.88 bits per heavy atom. The van der Waals surface area contributed by atoms with Crippen molar-refractivity contribution in [3.63, 3.8) is 0 Å². The van der Waals surface area contributed by atoms with Gasteiger partial charge >= 0.3 is 0 Å². The number of ether oxygens (including phenoxy) is 1. The number of nitrogens with zero attached hydrogens (tertiary/aromatic N) is 6. The van der Waals surface area contributed by atoms with E-state index in [0.717, 1.165) is 17.5 Å². The summed E-state index contributed by atoms with van der Waals surface area (Å²) in [6.45, 7) is 6.44. The van der Waals surface area contributed by atoms with Gasteiger partial charge in [0.2, 0.25) is 11.6 Å². The van der Waals surface area contributed by atoms with Crippen LogP contribution in [0.15, 0.2) is 58.3 Å². The minimum Gasteiger partial charge on any atom is -0.494 e. The van der Waals surface area contributed by atoms with E-state index in [-0.39, 0.29) is 17.3 Å². The Morgan fingerprint density at radius 1 is 1.15 bits per heavy atom. The number of benzene rings is 2. The van der Waals surface area contributed by atoms with Gasteiger partial charge in [0.05, 0.1) is 12.3 Å². The lowest BCUT2D eigenvalue weighted by Crippen LogP contribution is -2.21. The average Bonchev–Trinajstić information content (AvgIpc) is 3.47. The number of anilines is 1. The number of carbonyl (C=O) groups excluding carboxylic acids is 1. The molecule has 2 aromatic heterocycles. The Balaban J connectivity index is 1.67. The summed E-state index contributed by atoms with van der Waals surface area (Å²) in [5.74, 6) is 0.284. The molecule has 0 aliphatic rings. The largest absolute Gasteiger partial charge is 0.494 e. The molecule has 0 spiro atoms. The predicted octanol–water partition coefficient (Wildman–Crippen LogP) is 3.15. The third kappa shape index (κ3) is 4.77. The second kappa shape index (κ2) is 9.94. The van der Waals surface area contributed by atoms with Crippen molar-refractivity contribution in [1.82, 2.24) is 30.7 Å². The monoisotopic (exact) mass is 460 g/mol. The van der Waals surface area contributed by atoms with Gasteiger partial charge in [-0.05, 0) is 60.4 Å². The third-order valence-electron chi connectivity index (χ3n) is 4.98. The van der Waals surface area contributed by atoms with Crippen LogP contribution in [0.5, 0.6) is 5.75 Å². The molecule has 0 radical (unpaired) electrons. The van der Waals surface area contributed by atoms with Crippen LogP contribution in [0.2, 0.25) is 0 Å². The zero-order valence-corrected chi connectivity index (χ0v) is 19.0. The number of aromatic nitrogens is 5. The molecule has 11 heteroatoms. The van der Waals surface area contributed by atoms with Gasteiger partial charge in [0, 0.05) is 5.56 Å². The van der Waals surface area contributed by atoms with Gasteiger partial charge < -0.3 is 10.5 Å². The van der Waals surface area contributed by atoms with E-state index in [4.69, 9.17) is 15.1 Å². The molecule has 4 aromatic rings. The van der Waals surface area contributed by atoms with Crippen LogP contribution in [0.4, 0.5) is 5.82 Å². The summed E-state index contributed by atoms with van der Waals surface area (Å²) in [7, 11) is 0. The lowest BCUT2D eigenvalue weighted by Gasteiger charge is -2.08. The highest BCUT2D eigenvalue weighted by Crippen LogP contribution is 2.28. The maximum Gasteiger partial charge on any atom is 0.294 e. The molecule has 0 aliphatic heterocycles. The van der Waals surface area contributed by atoms with E-state index < -0.39 is 5.91 Å². The molecule has 4 rings (SSSR count). The van der Waals surface area contributed by atoms with Crippen molar-refractivity contribution < 1.29 is 14.2 Å². The fraction of sp³-hybridized carbons (Fsp3) is 0.217. The first kappa shape index (κ1) is 22.6. The van der Waals surface area contributed by atoms with E-state index in [1.165, 1.54) is 4.68 Å². The van der Waals surface area contributed by atoms with Crippen molar-refractivity contribution in [2.45, 2.75) is 27.2 Å². The number of nitrogen functional groups attached to an aromatic ring is 1. The molecule has 1 amide bonds. The smallest absolute Gasteiger partial charge is 0.294 e. The highest BCUT2D eigenvalue weighted by Gasteiger charge is 2.25. The first-order chi connectivity index (χ1) is 16.5.